The number of rotatable bonds is 3. The summed E-state index contributed by atoms with van der Waals surface area (Å²) in [5.41, 5.74) is -0.118. The summed E-state index contributed by atoms with van der Waals surface area (Å²) >= 11 is 0. The van der Waals surface area contributed by atoms with Crippen LogP contribution in [0, 0.1) is 5.92 Å². The van der Waals surface area contributed by atoms with Gasteiger partial charge in [0.05, 0.1) is 6.10 Å². The fourth-order valence-electron chi connectivity index (χ4n) is 2.50. The lowest BCUT2D eigenvalue weighted by atomic mass is 9.86. The van der Waals surface area contributed by atoms with E-state index in [0.717, 1.165) is 25.7 Å². The summed E-state index contributed by atoms with van der Waals surface area (Å²) in [6.45, 7) is 0.355. The van der Waals surface area contributed by atoms with Gasteiger partial charge in [0.25, 0.3) is 5.91 Å². The molecule has 5 nitrogen and oxygen atoms in total. The topological polar surface area (TPSA) is 89.8 Å². The Labute approximate surface area is 111 Å². The van der Waals surface area contributed by atoms with Crippen molar-refractivity contribution in [2.75, 3.05) is 6.54 Å². The number of aliphatic hydroxyl groups is 1. The second-order valence-corrected chi connectivity index (χ2v) is 4.99. The summed E-state index contributed by atoms with van der Waals surface area (Å²) in [5, 5.41) is 31.6. The first kappa shape index (κ1) is 13.7. The Kier molecular flexibility index (Phi) is 4.27. The van der Waals surface area contributed by atoms with E-state index < -0.39 is 5.91 Å². The number of phenols is 2. The Morgan fingerprint density at radius 3 is 2.47 bits per heavy atom. The van der Waals surface area contributed by atoms with Crippen molar-refractivity contribution < 1.29 is 20.1 Å². The van der Waals surface area contributed by atoms with Crippen LogP contribution in [0.15, 0.2) is 18.2 Å². The number of nitrogens with one attached hydrogen (secondary N) is 1. The third-order valence-electron chi connectivity index (χ3n) is 3.64. The standard InChI is InChI=1S/C14H19NO4/c16-10-5-2-1-4-9(10)8-15-14(19)13-11(17)6-3-7-12(13)18/h3,6-7,9-10,16-18H,1-2,4-5,8H2,(H,15,19). The van der Waals surface area contributed by atoms with Crippen molar-refractivity contribution in [1.29, 1.82) is 0 Å². The smallest absolute Gasteiger partial charge is 0.258 e. The highest BCUT2D eigenvalue weighted by Crippen LogP contribution is 2.27. The number of benzene rings is 1. The van der Waals surface area contributed by atoms with E-state index in [4.69, 9.17) is 0 Å². The Morgan fingerprint density at radius 2 is 1.84 bits per heavy atom. The molecule has 19 heavy (non-hydrogen) atoms. The summed E-state index contributed by atoms with van der Waals surface area (Å²) in [4.78, 5) is 11.9. The van der Waals surface area contributed by atoms with E-state index in [-0.39, 0.29) is 29.1 Å². The van der Waals surface area contributed by atoms with Gasteiger partial charge < -0.3 is 20.6 Å². The third-order valence-corrected chi connectivity index (χ3v) is 3.64. The summed E-state index contributed by atoms with van der Waals surface area (Å²) < 4.78 is 0. The predicted octanol–water partition coefficient (Wildman–Crippen LogP) is 1.38. The van der Waals surface area contributed by atoms with Gasteiger partial charge in [-0.1, -0.05) is 18.9 Å². The maximum absolute atomic E-state index is 11.9. The number of amides is 1. The molecule has 5 heteroatoms. The number of phenolic OH excluding ortho intramolecular Hbond substituents is 2. The molecule has 1 amide bonds. The van der Waals surface area contributed by atoms with E-state index in [2.05, 4.69) is 5.32 Å². The second kappa shape index (κ2) is 5.93. The minimum Gasteiger partial charge on any atom is -0.507 e. The van der Waals surface area contributed by atoms with Gasteiger partial charge in [-0.05, 0) is 25.0 Å². The summed E-state index contributed by atoms with van der Waals surface area (Å²) in [7, 11) is 0. The van der Waals surface area contributed by atoms with Gasteiger partial charge in [0.1, 0.15) is 17.1 Å². The first-order valence-electron chi connectivity index (χ1n) is 6.57. The molecule has 0 radical (unpaired) electrons. The monoisotopic (exact) mass is 265 g/mol. The van der Waals surface area contributed by atoms with Crippen molar-refractivity contribution in [3.63, 3.8) is 0 Å². The predicted molar refractivity (Wildman–Crippen MR) is 70.1 cm³/mol. The van der Waals surface area contributed by atoms with Gasteiger partial charge >= 0.3 is 0 Å². The molecule has 1 fully saturated rings. The third kappa shape index (κ3) is 3.17. The van der Waals surface area contributed by atoms with Gasteiger partial charge in [-0.25, -0.2) is 0 Å². The minimum absolute atomic E-state index is 0.0469. The van der Waals surface area contributed by atoms with E-state index in [1.54, 1.807) is 0 Å². The molecular weight excluding hydrogens is 246 g/mol. The molecule has 0 heterocycles. The number of aliphatic hydroxyl groups excluding tert-OH is 1. The van der Waals surface area contributed by atoms with Crippen LogP contribution in [0.1, 0.15) is 36.0 Å². The molecule has 2 atom stereocenters. The zero-order valence-corrected chi connectivity index (χ0v) is 10.7. The van der Waals surface area contributed by atoms with Gasteiger partial charge in [-0.15, -0.1) is 0 Å². The SMILES string of the molecule is O=C(NCC1CCCCC1O)c1c(O)cccc1O. The van der Waals surface area contributed by atoms with E-state index in [0.29, 0.717) is 6.54 Å². The van der Waals surface area contributed by atoms with E-state index in [1.807, 2.05) is 0 Å². The second-order valence-electron chi connectivity index (χ2n) is 4.99. The lowest BCUT2D eigenvalue weighted by Gasteiger charge is -2.27. The fraction of sp³-hybridized carbons (Fsp3) is 0.500. The Balaban J connectivity index is 1.97. The van der Waals surface area contributed by atoms with Crippen LogP contribution in [0.3, 0.4) is 0 Å². The zero-order chi connectivity index (χ0) is 13.8. The summed E-state index contributed by atoms with van der Waals surface area (Å²) in [6, 6.07) is 4.17. The first-order chi connectivity index (χ1) is 9.09. The fourth-order valence-corrected chi connectivity index (χ4v) is 2.50. The molecule has 104 valence electrons. The van der Waals surface area contributed by atoms with Crippen molar-refractivity contribution in [1.82, 2.24) is 5.32 Å². The zero-order valence-electron chi connectivity index (χ0n) is 10.7. The molecule has 1 aromatic rings. The van der Waals surface area contributed by atoms with Crippen LogP contribution in [0.5, 0.6) is 11.5 Å². The molecule has 1 saturated carbocycles. The maximum atomic E-state index is 11.9. The van der Waals surface area contributed by atoms with Crippen LogP contribution in [-0.2, 0) is 0 Å². The molecule has 2 rings (SSSR count). The van der Waals surface area contributed by atoms with Crippen molar-refractivity contribution in [2.24, 2.45) is 5.92 Å². The van der Waals surface area contributed by atoms with Crippen LogP contribution in [0.2, 0.25) is 0 Å². The van der Waals surface area contributed by atoms with Crippen molar-refractivity contribution in [2.45, 2.75) is 31.8 Å². The minimum atomic E-state index is -0.520. The van der Waals surface area contributed by atoms with Gasteiger partial charge in [0.15, 0.2) is 0 Å². The highest BCUT2D eigenvalue weighted by molar-refractivity contribution is 5.99. The van der Waals surface area contributed by atoms with E-state index >= 15 is 0 Å². The van der Waals surface area contributed by atoms with E-state index in [9.17, 15) is 20.1 Å². The number of carbonyl (C=O) groups excluding carboxylic acids is 1. The van der Waals surface area contributed by atoms with Gasteiger partial charge in [0, 0.05) is 12.5 Å². The molecule has 1 aliphatic rings. The first-order valence-corrected chi connectivity index (χ1v) is 6.57. The van der Waals surface area contributed by atoms with Crippen LogP contribution in [-0.4, -0.2) is 33.9 Å². The Hall–Kier alpha value is -1.75. The molecule has 0 aliphatic heterocycles. The molecule has 2 unspecified atom stereocenters. The molecular formula is C14H19NO4. The van der Waals surface area contributed by atoms with Crippen LogP contribution >= 0.6 is 0 Å². The van der Waals surface area contributed by atoms with Crippen LogP contribution < -0.4 is 5.32 Å². The van der Waals surface area contributed by atoms with Crippen molar-refractivity contribution in [3.05, 3.63) is 23.8 Å². The Morgan fingerprint density at radius 1 is 1.21 bits per heavy atom. The highest BCUT2D eigenvalue weighted by Gasteiger charge is 2.24. The highest BCUT2D eigenvalue weighted by atomic mass is 16.3. The quantitative estimate of drug-likeness (QED) is 0.664. The molecule has 1 aliphatic carbocycles. The Bertz CT molecular complexity index is 441. The number of aromatic hydroxyl groups is 2. The largest absolute Gasteiger partial charge is 0.507 e. The van der Waals surface area contributed by atoms with Crippen LogP contribution in [0.4, 0.5) is 0 Å². The van der Waals surface area contributed by atoms with E-state index in [1.165, 1.54) is 18.2 Å². The molecule has 1 aromatic carbocycles. The van der Waals surface area contributed by atoms with Gasteiger partial charge in [0.2, 0.25) is 0 Å². The molecule has 0 spiro atoms. The van der Waals surface area contributed by atoms with Crippen molar-refractivity contribution in [3.8, 4) is 11.5 Å². The van der Waals surface area contributed by atoms with Crippen molar-refractivity contribution >= 4 is 5.91 Å². The molecule has 0 saturated heterocycles. The normalized spacial score (nSPS) is 23.0. The van der Waals surface area contributed by atoms with Gasteiger partial charge in [-0.2, -0.15) is 0 Å². The molecule has 0 bridgehead atoms. The summed E-state index contributed by atoms with van der Waals surface area (Å²) in [5.74, 6) is -0.970. The maximum Gasteiger partial charge on any atom is 0.258 e. The lowest BCUT2D eigenvalue weighted by molar-refractivity contribution is 0.0662. The average molecular weight is 265 g/mol. The van der Waals surface area contributed by atoms with Gasteiger partial charge in [-0.3, -0.25) is 4.79 Å². The van der Waals surface area contributed by atoms with Crippen LogP contribution in [0.25, 0.3) is 0 Å². The number of hydrogen-bond acceptors (Lipinski definition) is 4. The number of hydrogen-bond donors (Lipinski definition) is 4. The average Bonchev–Trinajstić information content (AvgIpc) is 2.37. The molecule has 4 N–H and O–H groups in total. The summed E-state index contributed by atoms with van der Waals surface area (Å²) in [6.07, 6.45) is 3.34. The molecule has 0 aromatic heterocycles. The lowest BCUT2D eigenvalue weighted by Crippen LogP contribution is -2.36. The number of carbonyl (C=O) groups is 1.